The van der Waals surface area contributed by atoms with E-state index in [1.54, 1.807) is 0 Å². The summed E-state index contributed by atoms with van der Waals surface area (Å²) in [5.41, 5.74) is 21.0. The van der Waals surface area contributed by atoms with Crippen LogP contribution >= 0.6 is 0 Å². The lowest BCUT2D eigenvalue weighted by Crippen LogP contribution is -2.45. The zero-order valence-corrected chi connectivity index (χ0v) is 29.6. The molecule has 0 fully saturated rings. The third kappa shape index (κ3) is 5.42. The van der Waals surface area contributed by atoms with Crippen LogP contribution in [0.2, 0.25) is 0 Å². The third-order valence-corrected chi connectivity index (χ3v) is 9.47. The predicted molar refractivity (Wildman–Crippen MR) is 193 cm³/mol. The second-order valence-electron chi connectivity index (χ2n) is 13.8. The molecule has 0 spiro atoms. The topological polar surface area (TPSA) is 53.5 Å². The van der Waals surface area contributed by atoms with E-state index in [1.807, 2.05) is 0 Å². The molecule has 6 nitrogen and oxygen atoms in total. The maximum absolute atomic E-state index is 5.39. The van der Waals surface area contributed by atoms with E-state index >= 15 is 0 Å². The van der Waals surface area contributed by atoms with E-state index in [2.05, 4.69) is 151 Å². The lowest BCUT2D eigenvalue weighted by Gasteiger charge is -2.32. The lowest BCUT2D eigenvalue weighted by molar-refractivity contribution is 0.750. The van der Waals surface area contributed by atoms with E-state index in [1.165, 1.54) is 66.8 Å². The molecule has 0 radical (unpaired) electrons. The minimum Gasteiger partial charge on any atom is -0.400 e. The van der Waals surface area contributed by atoms with Gasteiger partial charge in [0.15, 0.2) is 0 Å². The minimum atomic E-state index is -1.69. The first-order chi connectivity index (χ1) is 21.7. The molecular weight excluding hydrogens is 563 g/mol. The summed E-state index contributed by atoms with van der Waals surface area (Å²) in [6.45, 7) is 26.0. The van der Waals surface area contributed by atoms with E-state index in [4.69, 9.17) is 15.3 Å². The van der Waals surface area contributed by atoms with Crippen molar-refractivity contribution in [3.05, 3.63) is 122 Å². The highest BCUT2D eigenvalue weighted by Gasteiger charge is 2.25. The number of nitrogens with zero attached hydrogens (tertiary/aromatic N) is 6. The quantitative estimate of drug-likeness (QED) is 0.178. The summed E-state index contributed by atoms with van der Waals surface area (Å²) in [5, 5.41) is 16.0. The first-order valence-corrected chi connectivity index (χ1v) is 16.3. The Bertz CT molecular complexity index is 1970. The highest BCUT2D eigenvalue weighted by atomic mass is 15.5. The van der Waals surface area contributed by atoms with Crippen LogP contribution in [0, 0.1) is 83.1 Å². The zero-order valence-electron chi connectivity index (χ0n) is 29.6. The SMILES string of the molecule is Cc1cc(C)c(-c2cc(C)n([BH-](n3nc(-c4c(C)cc(C)cc4C)cc3C)n3nc(C)cc3-c3c(C)cc(C)cc3C)n2)c(C)c1. The number of hydrogen-bond donors (Lipinski definition) is 0. The first-order valence-electron chi connectivity index (χ1n) is 16.3. The maximum Gasteiger partial charge on any atom is 0.327 e. The average Bonchev–Trinajstić information content (AvgIpc) is 3.60. The largest absolute Gasteiger partial charge is 0.400 e. The summed E-state index contributed by atoms with van der Waals surface area (Å²) >= 11 is 0. The summed E-state index contributed by atoms with van der Waals surface area (Å²) < 4.78 is 6.57. The molecule has 0 saturated heterocycles. The Labute approximate surface area is 274 Å². The number of rotatable bonds is 6. The molecule has 0 aliphatic heterocycles. The van der Waals surface area contributed by atoms with Gasteiger partial charge in [-0.2, -0.15) is 0 Å². The zero-order chi connectivity index (χ0) is 33.2. The van der Waals surface area contributed by atoms with Crippen LogP contribution in [0.5, 0.6) is 0 Å². The monoisotopic (exact) mass is 609 g/mol. The smallest absolute Gasteiger partial charge is 0.327 e. The molecule has 6 rings (SSSR count). The Morgan fingerprint density at radius 1 is 0.391 bits per heavy atom. The number of aromatic nitrogens is 6. The molecule has 0 aliphatic rings. The molecule has 46 heavy (non-hydrogen) atoms. The van der Waals surface area contributed by atoms with E-state index in [-0.39, 0.29) is 0 Å². The highest BCUT2D eigenvalue weighted by molar-refractivity contribution is 6.53. The summed E-state index contributed by atoms with van der Waals surface area (Å²) in [7, 11) is -1.69. The molecule has 7 heteroatoms. The van der Waals surface area contributed by atoms with Crippen molar-refractivity contribution in [3.63, 3.8) is 0 Å². The van der Waals surface area contributed by atoms with Gasteiger partial charge in [-0.05, 0) is 146 Å². The van der Waals surface area contributed by atoms with Crippen molar-refractivity contribution in [1.29, 1.82) is 0 Å². The van der Waals surface area contributed by atoms with Crippen molar-refractivity contribution in [3.8, 4) is 33.8 Å². The van der Waals surface area contributed by atoms with E-state index in [9.17, 15) is 0 Å². The minimum absolute atomic E-state index is 0.970. The van der Waals surface area contributed by atoms with Gasteiger partial charge in [-0.3, -0.25) is 0 Å². The standard InChI is InChI=1S/C39H46BN6/c1-22-13-25(4)37(26(5)14-22)34-20-32(11)44(42-34)40(45-33(12)21-35(43-45)38-27(6)15-23(2)16-28(38)7)46-36(19-31(10)41-46)39-29(8)17-24(3)18-30(39)9/h13-21,40H,1-12H3/q-1. The van der Waals surface area contributed by atoms with Gasteiger partial charge in [0.2, 0.25) is 0 Å². The molecule has 0 N–H and O–H groups in total. The molecule has 3 heterocycles. The van der Waals surface area contributed by atoms with E-state index in [0.29, 0.717) is 0 Å². The van der Waals surface area contributed by atoms with Crippen molar-refractivity contribution >= 4 is 7.12 Å². The van der Waals surface area contributed by atoms with Gasteiger partial charge in [0.05, 0.1) is 17.1 Å². The molecule has 0 saturated carbocycles. The summed E-state index contributed by atoms with van der Waals surface area (Å²) in [4.78, 5) is 0. The third-order valence-electron chi connectivity index (χ3n) is 9.47. The van der Waals surface area contributed by atoms with Gasteiger partial charge in [-0.15, -0.1) is 0 Å². The van der Waals surface area contributed by atoms with Gasteiger partial charge < -0.3 is 13.8 Å². The van der Waals surface area contributed by atoms with Gasteiger partial charge in [-0.25, -0.2) is 15.3 Å². The highest BCUT2D eigenvalue weighted by Crippen LogP contribution is 2.33. The van der Waals surface area contributed by atoms with Crippen molar-refractivity contribution in [2.24, 2.45) is 0 Å². The Balaban J connectivity index is 1.63. The van der Waals surface area contributed by atoms with Crippen LogP contribution < -0.4 is 0 Å². The van der Waals surface area contributed by atoms with Crippen LogP contribution in [-0.2, 0) is 0 Å². The molecule has 0 amide bonds. The van der Waals surface area contributed by atoms with Gasteiger partial charge in [0.25, 0.3) is 0 Å². The van der Waals surface area contributed by atoms with Crippen molar-refractivity contribution in [1.82, 2.24) is 29.1 Å². The summed E-state index contributed by atoms with van der Waals surface area (Å²) in [6.07, 6.45) is 0. The number of aryl methyl sites for hydroxylation is 12. The molecule has 236 valence electrons. The molecule has 0 bridgehead atoms. The summed E-state index contributed by atoms with van der Waals surface area (Å²) in [5.74, 6) is 0. The van der Waals surface area contributed by atoms with Crippen LogP contribution in [0.4, 0.5) is 0 Å². The first kappa shape index (κ1) is 31.3. The fourth-order valence-corrected chi connectivity index (χ4v) is 7.93. The van der Waals surface area contributed by atoms with Crippen LogP contribution in [0.1, 0.15) is 67.2 Å². The average molecular weight is 610 g/mol. The Morgan fingerprint density at radius 2 is 0.739 bits per heavy atom. The van der Waals surface area contributed by atoms with Gasteiger partial charge in [0.1, 0.15) is 0 Å². The fourth-order valence-electron chi connectivity index (χ4n) is 7.93. The van der Waals surface area contributed by atoms with Crippen LogP contribution in [-0.4, -0.2) is 36.2 Å². The van der Waals surface area contributed by atoms with Crippen molar-refractivity contribution < 1.29 is 0 Å². The molecule has 0 unspecified atom stereocenters. The Kier molecular flexibility index (Phi) is 7.91. The van der Waals surface area contributed by atoms with Crippen LogP contribution in [0.25, 0.3) is 33.8 Å². The van der Waals surface area contributed by atoms with Gasteiger partial charge in [0, 0.05) is 22.4 Å². The van der Waals surface area contributed by atoms with E-state index in [0.717, 1.165) is 34.2 Å². The number of hydrogen-bond acceptors (Lipinski definition) is 3. The second-order valence-corrected chi connectivity index (χ2v) is 13.8. The Hall–Kier alpha value is -4.65. The normalized spacial score (nSPS) is 11.7. The molecule has 3 aromatic heterocycles. The van der Waals surface area contributed by atoms with Gasteiger partial charge in [-0.1, -0.05) is 53.1 Å². The van der Waals surface area contributed by atoms with Crippen LogP contribution in [0.15, 0.2) is 54.6 Å². The molecular formula is C39H46BN6-. The molecule has 0 aliphatic carbocycles. The maximum atomic E-state index is 5.39. The van der Waals surface area contributed by atoms with Crippen molar-refractivity contribution in [2.75, 3.05) is 0 Å². The lowest BCUT2D eigenvalue weighted by atomic mass is 9.90. The predicted octanol–water partition coefficient (Wildman–Crippen LogP) is 8.64. The summed E-state index contributed by atoms with van der Waals surface area (Å²) in [6, 6.07) is 20.2. The second kappa shape index (κ2) is 11.6. The Morgan fingerprint density at radius 3 is 1.11 bits per heavy atom. The van der Waals surface area contributed by atoms with Crippen LogP contribution in [0.3, 0.4) is 0 Å². The van der Waals surface area contributed by atoms with Gasteiger partial charge >= 0.3 is 7.12 Å². The molecule has 0 atom stereocenters. The number of benzene rings is 3. The van der Waals surface area contributed by atoms with E-state index < -0.39 is 7.12 Å². The fraction of sp³-hybridized carbons (Fsp3) is 0.308. The van der Waals surface area contributed by atoms with Crippen molar-refractivity contribution in [2.45, 2.75) is 83.1 Å². The molecule has 3 aromatic carbocycles. The molecule has 6 aromatic rings.